The molecule has 0 atom stereocenters. The first-order valence-electron chi connectivity index (χ1n) is 5.09. The first-order valence-corrected chi connectivity index (χ1v) is 6.22. The van der Waals surface area contributed by atoms with Gasteiger partial charge in [-0.15, -0.1) is 0 Å². The molecule has 1 heterocycles. The summed E-state index contributed by atoms with van der Waals surface area (Å²) >= 11 is 17.9. The summed E-state index contributed by atoms with van der Waals surface area (Å²) < 4.78 is 0. The highest BCUT2D eigenvalue weighted by Crippen LogP contribution is 2.30. The fourth-order valence-electron chi connectivity index (χ4n) is 1.46. The Labute approximate surface area is 115 Å². The molecule has 2 nitrogen and oxygen atoms in total. The third-order valence-electron chi connectivity index (χ3n) is 2.26. The number of hydrogen-bond donors (Lipinski definition) is 0. The van der Waals surface area contributed by atoms with E-state index in [0.717, 1.165) is 12.0 Å². The van der Waals surface area contributed by atoms with Crippen LogP contribution in [0.5, 0.6) is 0 Å². The Morgan fingerprint density at radius 3 is 2.47 bits per heavy atom. The van der Waals surface area contributed by atoms with Gasteiger partial charge in [0.2, 0.25) is 0 Å². The number of benzene rings is 1. The molecule has 0 aliphatic rings. The average Bonchev–Trinajstić information content (AvgIpc) is 2.28. The van der Waals surface area contributed by atoms with Gasteiger partial charge in [0.15, 0.2) is 0 Å². The van der Waals surface area contributed by atoms with Gasteiger partial charge in [-0.1, -0.05) is 41.7 Å². The maximum absolute atomic E-state index is 6.12. The van der Waals surface area contributed by atoms with E-state index in [1.807, 2.05) is 13.0 Å². The van der Waals surface area contributed by atoms with Gasteiger partial charge in [-0.25, -0.2) is 9.97 Å². The van der Waals surface area contributed by atoms with Crippen LogP contribution in [0.2, 0.25) is 15.2 Å². The Bertz CT molecular complexity index is 555. The van der Waals surface area contributed by atoms with Crippen molar-refractivity contribution < 1.29 is 0 Å². The van der Waals surface area contributed by atoms with Crippen LogP contribution in [0.4, 0.5) is 0 Å². The summed E-state index contributed by atoms with van der Waals surface area (Å²) in [5.74, 6) is 0.693. The van der Waals surface area contributed by atoms with E-state index >= 15 is 0 Å². The van der Waals surface area contributed by atoms with Crippen LogP contribution in [-0.4, -0.2) is 9.97 Å². The lowest BCUT2D eigenvalue weighted by molar-refractivity contribution is 0.943. The normalized spacial score (nSPS) is 10.6. The third-order valence-corrected chi connectivity index (χ3v) is 3.01. The van der Waals surface area contributed by atoms with Crippen LogP contribution in [0.15, 0.2) is 24.3 Å². The van der Waals surface area contributed by atoms with Crippen LogP contribution in [0, 0.1) is 0 Å². The molecule has 0 aliphatic heterocycles. The van der Waals surface area contributed by atoms with Gasteiger partial charge in [0, 0.05) is 23.1 Å². The van der Waals surface area contributed by atoms with Gasteiger partial charge < -0.3 is 0 Å². The van der Waals surface area contributed by atoms with Gasteiger partial charge in [0.05, 0.1) is 10.7 Å². The zero-order valence-electron chi connectivity index (χ0n) is 9.04. The molecule has 0 amide bonds. The van der Waals surface area contributed by atoms with E-state index in [9.17, 15) is 0 Å². The van der Waals surface area contributed by atoms with Crippen LogP contribution >= 0.6 is 34.8 Å². The smallest absolute Gasteiger partial charge is 0.133 e. The monoisotopic (exact) mass is 286 g/mol. The van der Waals surface area contributed by atoms with Crippen LogP contribution in [0.25, 0.3) is 11.3 Å². The number of aromatic nitrogens is 2. The molecule has 0 unspecified atom stereocenters. The van der Waals surface area contributed by atoms with E-state index in [0.29, 0.717) is 26.7 Å². The first kappa shape index (κ1) is 12.6. The second-order valence-corrected chi connectivity index (χ2v) is 4.70. The molecule has 0 saturated carbocycles. The fraction of sp³-hybridized carbons (Fsp3) is 0.167. The minimum atomic E-state index is 0.415. The molecule has 88 valence electrons. The SMILES string of the molecule is CCc1nc(Cl)cc(-c2ccc(Cl)cc2Cl)n1. The zero-order valence-corrected chi connectivity index (χ0v) is 11.3. The Kier molecular flexibility index (Phi) is 3.87. The predicted molar refractivity (Wildman–Crippen MR) is 71.9 cm³/mol. The van der Waals surface area contributed by atoms with Crippen LogP contribution in [0.3, 0.4) is 0 Å². The van der Waals surface area contributed by atoms with Crippen LogP contribution in [0.1, 0.15) is 12.7 Å². The van der Waals surface area contributed by atoms with Crippen molar-refractivity contribution in [2.45, 2.75) is 13.3 Å². The standard InChI is InChI=1S/C12H9Cl3N2/c1-2-12-16-10(6-11(15)17-12)8-4-3-7(13)5-9(8)14/h3-6H,2H2,1H3. The summed E-state index contributed by atoms with van der Waals surface area (Å²) in [5, 5.41) is 1.56. The summed E-state index contributed by atoms with van der Waals surface area (Å²) in [6.07, 6.45) is 0.721. The number of rotatable bonds is 2. The van der Waals surface area contributed by atoms with Crippen molar-refractivity contribution in [3.63, 3.8) is 0 Å². The van der Waals surface area contributed by atoms with Crippen LogP contribution < -0.4 is 0 Å². The minimum Gasteiger partial charge on any atom is -0.233 e. The predicted octanol–water partition coefficient (Wildman–Crippen LogP) is 4.67. The largest absolute Gasteiger partial charge is 0.233 e. The number of hydrogen-bond acceptors (Lipinski definition) is 2. The molecule has 1 aromatic carbocycles. The molecule has 0 N–H and O–H groups in total. The van der Waals surface area contributed by atoms with E-state index in [4.69, 9.17) is 34.8 Å². The lowest BCUT2D eigenvalue weighted by atomic mass is 10.1. The molecule has 1 aromatic heterocycles. The van der Waals surface area contributed by atoms with Crippen molar-refractivity contribution in [1.82, 2.24) is 9.97 Å². The van der Waals surface area contributed by atoms with Crippen molar-refractivity contribution in [3.05, 3.63) is 45.3 Å². The lowest BCUT2D eigenvalue weighted by Gasteiger charge is -2.06. The van der Waals surface area contributed by atoms with Gasteiger partial charge in [-0.3, -0.25) is 0 Å². The minimum absolute atomic E-state index is 0.415. The highest BCUT2D eigenvalue weighted by molar-refractivity contribution is 6.36. The maximum Gasteiger partial charge on any atom is 0.133 e. The van der Waals surface area contributed by atoms with Gasteiger partial charge in [0.25, 0.3) is 0 Å². The van der Waals surface area contributed by atoms with E-state index < -0.39 is 0 Å². The molecule has 0 saturated heterocycles. The molecule has 0 radical (unpaired) electrons. The Morgan fingerprint density at radius 2 is 1.82 bits per heavy atom. The molecule has 17 heavy (non-hydrogen) atoms. The summed E-state index contributed by atoms with van der Waals surface area (Å²) in [6, 6.07) is 6.96. The van der Waals surface area contributed by atoms with Gasteiger partial charge in [-0.2, -0.15) is 0 Å². The second-order valence-electron chi connectivity index (χ2n) is 3.47. The van der Waals surface area contributed by atoms with Gasteiger partial charge >= 0.3 is 0 Å². The topological polar surface area (TPSA) is 25.8 Å². The van der Waals surface area contributed by atoms with E-state index in [1.54, 1.807) is 18.2 Å². The number of aryl methyl sites for hydroxylation is 1. The molecule has 0 bridgehead atoms. The van der Waals surface area contributed by atoms with Crippen molar-refractivity contribution >= 4 is 34.8 Å². The summed E-state index contributed by atoms with van der Waals surface area (Å²) in [5.41, 5.74) is 1.51. The zero-order chi connectivity index (χ0) is 12.4. The Balaban J connectivity index is 2.55. The summed E-state index contributed by atoms with van der Waals surface area (Å²) in [6.45, 7) is 1.97. The molecule has 0 fully saturated rings. The summed E-state index contributed by atoms with van der Waals surface area (Å²) in [4.78, 5) is 8.50. The van der Waals surface area contributed by atoms with Crippen LogP contribution in [-0.2, 0) is 6.42 Å². The highest BCUT2D eigenvalue weighted by Gasteiger charge is 2.08. The molecule has 5 heteroatoms. The molecular formula is C12H9Cl3N2. The Hall–Kier alpha value is -0.830. The molecular weight excluding hydrogens is 279 g/mol. The second kappa shape index (κ2) is 5.21. The summed E-state index contributed by atoms with van der Waals surface area (Å²) in [7, 11) is 0. The van der Waals surface area contributed by atoms with Crippen molar-refractivity contribution in [2.24, 2.45) is 0 Å². The first-order chi connectivity index (χ1) is 8.10. The lowest BCUT2D eigenvalue weighted by Crippen LogP contribution is -1.95. The quantitative estimate of drug-likeness (QED) is 0.750. The average molecular weight is 288 g/mol. The number of nitrogens with zero attached hydrogens (tertiary/aromatic N) is 2. The molecule has 2 aromatic rings. The Morgan fingerprint density at radius 1 is 1.06 bits per heavy atom. The van der Waals surface area contributed by atoms with E-state index in [-0.39, 0.29) is 0 Å². The van der Waals surface area contributed by atoms with E-state index in [2.05, 4.69) is 9.97 Å². The van der Waals surface area contributed by atoms with Crippen molar-refractivity contribution in [1.29, 1.82) is 0 Å². The molecule has 0 aliphatic carbocycles. The van der Waals surface area contributed by atoms with Gasteiger partial charge in [0.1, 0.15) is 11.0 Å². The third kappa shape index (κ3) is 2.89. The van der Waals surface area contributed by atoms with Gasteiger partial charge in [-0.05, 0) is 18.2 Å². The molecule has 0 spiro atoms. The van der Waals surface area contributed by atoms with Crippen molar-refractivity contribution in [2.75, 3.05) is 0 Å². The maximum atomic E-state index is 6.12. The van der Waals surface area contributed by atoms with E-state index in [1.165, 1.54) is 0 Å². The molecule has 2 rings (SSSR count). The van der Waals surface area contributed by atoms with Crippen molar-refractivity contribution in [3.8, 4) is 11.3 Å². The number of halogens is 3. The fourth-order valence-corrected chi connectivity index (χ4v) is 2.16. The highest BCUT2D eigenvalue weighted by atomic mass is 35.5.